The standard InChI is InChI=1S/C12H20O4/c1-6-8-9(10(13)15-7-2)11(14)16-12(3,4)5/h6,9H,1,7-8H2,2-5H3. The first kappa shape index (κ1) is 14.7. The zero-order chi connectivity index (χ0) is 12.8. The van der Waals surface area contributed by atoms with Crippen molar-refractivity contribution in [3.8, 4) is 0 Å². The molecule has 0 N–H and O–H groups in total. The van der Waals surface area contributed by atoms with Gasteiger partial charge in [-0.05, 0) is 34.1 Å². The molecule has 92 valence electrons. The Labute approximate surface area is 96.6 Å². The molecule has 0 heterocycles. The minimum Gasteiger partial charge on any atom is -0.465 e. The van der Waals surface area contributed by atoms with Crippen molar-refractivity contribution >= 4 is 11.9 Å². The third-order valence-corrected chi connectivity index (χ3v) is 1.66. The molecule has 1 unspecified atom stereocenters. The average Bonchev–Trinajstić information content (AvgIpc) is 2.11. The number of carbonyl (C=O) groups excluding carboxylic acids is 2. The summed E-state index contributed by atoms with van der Waals surface area (Å²) in [6, 6.07) is 0. The molecule has 0 aliphatic carbocycles. The Hall–Kier alpha value is -1.32. The predicted molar refractivity (Wildman–Crippen MR) is 60.8 cm³/mol. The Bertz CT molecular complexity index is 263. The maximum atomic E-state index is 11.7. The van der Waals surface area contributed by atoms with Crippen LogP contribution >= 0.6 is 0 Å². The minimum atomic E-state index is -0.906. The van der Waals surface area contributed by atoms with Crippen LogP contribution in [0.1, 0.15) is 34.1 Å². The Morgan fingerprint density at radius 2 is 1.88 bits per heavy atom. The molecule has 0 aliphatic heterocycles. The molecule has 0 saturated heterocycles. The second-order valence-electron chi connectivity index (χ2n) is 4.36. The number of rotatable bonds is 5. The highest BCUT2D eigenvalue weighted by atomic mass is 16.6. The topological polar surface area (TPSA) is 52.6 Å². The first-order valence-corrected chi connectivity index (χ1v) is 5.32. The highest BCUT2D eigenvalue weighted by Crippen LogP contribution is 2.15. The van der Waals surface area contributed by atoms with E-state index in [1.165, 1.54) is 6.08 Å². The van der Waals surface area contributed by atoms with Crippen molar-refractivity contribution in [3.63, 3.8) is 0 Å². The van der Waals surface area contributed by atoms with E-state index in [2.05, 4.69) is 6.58 Å². The van der Waals surface area contributed by atoms with Gasteiger partial charge in [0, 0.05) is 0 Å². The lowest BCUT2D eigenvalue weighted by Gasteiger charge is -2.22. The van der Waals surface area contributed by atoms with E-state index >= 15 is 0 Å². The van der Waals surface area contributed by atoms with E-state index in [1.807, 2.05) is 0 Å². The SMILES string of the molecule is C=CCC(C(=O)OCC)C(=O)OC(C)(C)C. The van der Waals surface area contributed by atoms with Crippen LogP contribution in [0, 0.1) is 5.92 Å². The Morgan fingerprint density at radius 1 is 1.31 bits per heavy atom. The molecule has 0 spiro atoms. The molecule has 0 aromatic rings. The Kier molecular flexibility index (Phi) is 5.78. The Morgan fingerprint density at radius 3 is 2.25 bits per heavy atom. The maximum absolute atomic E-state index is 11.7. The Balaban J connectivity index is 4.58. The maximum Gasteiger partial charge on any atom is 0.321 e. The molecular weight excluding hydrogens is 208 g/mol. The second kappa shape index (κ2) is 6.30. The summed E-state index contributed by atoms with van der Waals surface area (Å²) in [4.78, 5) is 23.2. The van der Waals surface area contributed by atoms with Gasteiger partial charge in [-0.25, -0.2) is 0 Å². The van der Waals surface area contributed by atoms with E-state index in [4.69, 9.17) is 9.47 Å². The molecule has 0 bridgehead atoms. The monoisotopic (exact) mass is 228 g/mol. The van der Waals surface area contributed by atoms with E-state index < -0.39 is 23.5 Å². The van der Waals surface area contributed by atoms with Crippen molar-refractivity contribution in [2.24, 2.45) is 5.92 Å². The van der Waals surface area contributed by atoms with E-state index in [-0.39, 0.29) is 13.0 Å². The second-order valence-corrected chi connectivity index (χ2v) is 4.36. The number of esters is 2. The molecule has 0 fully saturated rings. The summed E-state index contributed by atoms with van der Waals surface area (Å²) in [5, 5.41) is 0. The van der Waals surface area contributed by atoms with Crippen LogP contribution in [0.25, 0.3) is 0 Å². The zero-order valence-electron chi connectivity index (χ0n) is 10.4. The highest BCUT2D eigenvalue weighted by Gasteiger charge is 2.31. The third kappa shape index (κ3) is 5.53. The number of hydrogen-bond donors (Lipinski definition) is 0. The fourth-order valence-electron chi connectivity index (χ4n) is 1.07. The molecule has 0 saturated carbocycles. The van der Waals surface area contributed by atoms with Gasteiger partial charge >= 0.3 is 11.9 Å². The lowest BCUT2D eigenvalue weighted by molar-refractivity contribution is -0.168. The molecule has 1 atom stereocenters. The summed E-state index contributed by atoms with van der Waals surface area (Å²) < 4.78 is 9.94. The third-order valence-electron chi connectivity index (χ3n) is 1.66. The molecule has 0 radical (unpaired) electrons. The molecule has 0 aliphatic rings. The average molecular weight is 228 g/mol. The van der Waals surface area contributed by atoms with Gasteiger partial charge in [0.25, 0.3) is 0 Å². The molecule has 0 aromatic heterocycles. The van der Waals surface area contributed by atoms with Crippen molar-refractivity contribution in [2.45, 2.75) is 39.7 Å². The molecule has 4 nitrogen and oxygen atoms in total. The van der Waals surface area contributed by atoms with Crippen LogP contribution in [0.5, 0.6) is 0 Å². The van der Waals surface area contributed by atoms with Crippen LogP contribution in [-0.2, 0) is 19.1 Å². The van der Waals surface area contributed by atoms with E-state index in [1.54, 1.807) is 27.7 Å². The highest BCUT2D eigenvalue weighted by molar-refractivity contribution is 5.95. The molecule has 0 aromatic carbocycles. The van der Waals surface area contributed by atoms with E-state index in [0.717, 1.165) is 0 Å². The van der Waals surface area contributed by atoms with Gasteiger partial charge < -0.3 is 9.47 Å². The van der Waals surface area contributed by atoms with Gasteiger partial charge in [0.15, 0.2) is 5.92 Å². The normalized spacial score (nSPS) is 12.8. The summed E-state index contributed by atoms with van der Waals surface area (Å²) in [5.41, 5.74) is -0.608. The van der Waals surface area contributed by atoms with Crippen molar-refractivity contribution in [1.82, 2.24) is 0 Å². The summed E-state index contributed by atoms with van der Waals surface area (Å²) in [6.45, 7) is 10.7. The lowest BCUT2D eigenvalue weighted by atomic mass is 10.1. The lowest BCUT2D eigenvalue weighted by Crippen LogP contribution is -2.33. The predicted octanol–water partition coefficient (Wildman–Crippen LogP) is 2.08. The van der Waals surface area contributed by atoms with Crippen LogP contribution in [0.15, 0.2) is 12.7 Å². The van der Waals surface area contributed by atoms with Crippen LogP contribution in [0.3, 0.4) is 0 Å². The summed E-state index contributed by atoms with van der Waals surface area (Å²) in [6.07, 6.45) is 1.74. The molecule has 0 rings (SSSR count). The van der Waals surface area contributed by atoms with E-state index in [9.17, 15) is 9.59 Å². The summed E-state index contributed by atoms with van der Waals surface area (Å²) >= 11 is 0. The molecule has 0 amide bonds. The molecular formula is C12H20O4. The van der Waals surface area contributed by atoms with Crippen LogP contribution < -0.4 is 0 Å². The first-order chi connectivity index (χ1) is 7.31. The van der Waals surface area contributed by atoms with Gasteiger partial charge in [-0.15, -0.1) is 6.58 Å². The van der Waals surface area contributed by atoms with E-state index in [0.29, 0.717) is 0 Å². The zero-order valence-corrected chi connectivity index (χ0v) is 10.4. The fourth-order valence-corrected chi connectivity index (χ4v) is 1.07. The number of allylic oxidation sites excluding steroid dienone is 1. The smallest absolute Gasteiger partial charge is 0.321 e. The number of hydrogen-bond acceptors (Lipinski definition) is 4. The number of carbonyl (C=O) groups is 2. The van der Waals surface area contributed by atoms with Gasteiger partial charge in [0.1, 0.15) is 5.60 Å². The van der Waals surface area contributed by atoms with Gasteiger partial charge in [-0.2, -0.15) is 0 Å². The van der Waals surface area contributed by atoms with Gasteiger partial charge in [0.2, 0.25) is 0 Å². The van der Waals surface area contributed by atoms with Crippen molar-refractivity contribution < 1.29 is 19.1 Å². The van der Waals surface area contributed by atoms with Gasteiger partial charge in [0.05, 0.1) is 6.61 Å². The van der Waals surface area contributed by atoms with Crippen LogP contribution in [0.4, 0.5) is 0 Å². The van der Waals surface area contributed by atoms with Gasteiger partial charge in [-0.1, -0.05) is 6.08 Å². The molecule has 4 heteroatoms. The fraction of sp³-hybridized carbons (Fsp3) is 0.667. The first-order valence-electron chi connectivity index (χ1n) is 5.32. The summed E-state index contributed by atoms with van der Waals surface area (Å²) in [7, 11) is 0. The minimum absolute atomic E-state index is 0.230. The van der Waals surface area contributed by atoms with Crippen molar-refractivity contribution in [3.05, 3.63) is 12.7 Å². The molecule has 16 heavy (non-hydrogen) atoms. The van der Waals surface area contributed by atoms with Crippen LogP contribution in [-0.4, -0.2) is 24.1 Å². The quantitative estimate of drug-likeness (QED) is 0.410. The summed E-state index contributed by atoms with van der Waals surface area (Å²) in [5.74, 6) is -2.03. The van der Waals surface area contributed by atoms with Crippen molar-refractivity contribution in [1.29, 1.82) is 0 Å². The largest absolute Gasteiger partial charge is 0.465 e. The number of ether oxygens (including phenoxy) is 2. The van der Waals surface area contributed by atoms with Gasteiger partial charge in [-0.3, -0.25) is 9.59 Å². The van der Waals surface area contributed by atoms with Crippen LogP contribution in [0.2, 0.25) is 0 Å². The van der Waals surface area contributed by atoms with Crippen molar-refractivity contribution in [2.75, 3.05) is 6.61 Å².